The second-order valence-corrected chi connectivity index (χ2v) is 5.34. The van der Waals surface area contributed by atoms with E-state index in [1.807, 2.05) is 13.8 Å². The minimum absolute atomic E-state index is 0.204. The number of hydrogen-bond donors (Lipinski definition) is 0. The van der Waals surface area contributed by atoms with E-state index in [9.17, 15) is 4.79 Å². The van der Waals surface area contributed by atoms with Gasteiger partial charge in [0.15, 0.2) is 11.5 Å². The molecule has 0 aliphatic rings. The van der Waals surface area contributed by atoms with Gasteiger partial charge in [-0.15, -0.1) is 0 Å². The lowest BCUT2D eigenvalue weighted by molar-refractivity contribution is 0.0377. The fourth-order valence-electron chi connectivity index (χ4n) is 1.62. The molecule has 0 aliphatic carbocycles. The fraction of sp³-hybridized carbons (Fsp3) is 0.562. The van der Waals surface area contributed by atoms with Crippen LogP contribution in [-0.4, -0.2) is 25.3 Å². The first-order valence-electron chi connectivity index (χ1n) is 7.29. The van der Waals surface area contributed by atoms with Gasteiger partial charge in [0.25, 0.3) is 0 Å². The van der Waals surface area contributed by atoms with Crippen molar-refractivity contribution in [1.82, 2.24) is 0 Å². The Morgan fingerprint density at radius 1 is 1.10 bits per heavy atom. The van der Waals surface area contributed by atoms with Crippen LogP contribution >= 0.6 is 11.6 Å². The number of hydrogen-bond acceptors (Lipinski definition) is 4. The molecule has 0 atom stereocenters. The first kappa shape index (κ1) is 17.6. The van der Waals surface area contributed by atoms with Crippen LogP contribution in [0.3, 0.4) is 0 Å². The molecular formula is C16H23ClO4. The highest BCUT2D eigenvalue weighted by atomic mass is 35.5. The van der Waals surface area contributed by atoms with Crippen LogP contribution in [0.2, 0.25) is 5.02 Å². The summed E-state index contributed by atoms with van der Waals surface area (Å²) in [6, 6.07) is 3.20. The molecule has 5 heteroatoms. The Kier molecular flexibility index (Phi) is 7.37. The summed E-state index contributed by atoms with van der Waals surface area (Å²) >= 11 is 6.16. The van der Waals surface area contributed by atoms with Crippen LogP contribution in [0.4, 0.5) is 0 Å². The molecule has 0 bridgehead atoms. The van der Waals surface area contributed by atoms with Crippen LogP contribution in [0.5, 0.6) is 11.5 Å². The van der Waals surface area contributed by atoms with Crippen molar-refractivity contribution in [2.75, 3.05) is 13.2 Å². The third kappa shape index (κ3) is 5.46. The maximum Gasteiger partial charge on any atom is 0.340 e. The summed E-state index contributed by atoms with van der Waals surface area (Å²) in [5.74, 6) is 0.611. The summed E-state index contributed by atoms with van der Waals surface area (Å²) in [7, 11) is 0. The highest BCUT2D eigenvalue weighted by molar-refractivity contribution is 6.33. The molecule has 0 saturated heterocycles. The van der Waals surface area contributed by atoms with Crippen molar-refractivity contribution in [1.29, 1.82) is 0 Å². The number of carbonyl (C=O) groups is 1. The number of ether oxygens (including phenoxy) is 3. The Bertz CT molecular complexity index is 472. The summed E-state index contributed by atoms with van der Waals surface area (Å²) in [6.45, 7) is 8.72. The number of esters is 1. The van der Waals surface area contributed by atoms with Gasteiger partial charge in [-0.05, 0) is 26.7 Å². The van der Waals surface area contributed by atoms with Gasteiger partial charge in [0.05, 0.1) is 29.9 Å². The maximum absolute atomic E-state index is 12.0. The van der Waals surface area contributed by atoms with Gasteiger partial charge in [-0.25, -0.2) is 4.79 Å². The molecule has 0 heterocycles. The van der Waals surface area contributed by atoms with Crippen molar-refractivity contribution in [3.8, 4) is 11.5 Å². The van der Waals surface area contributed by atoms with E-state index in [1.165, 1.54) is 0 Å². The molecule has 0 amide bonds. The molecule has 118 valence electrons. The molecule has 0 aromatic heterocycles. The first-order valence-corrected chi connectivity index (χ1v) is 7.67. The second-order valence-electron chi connectivity index (χ2n) is 4.93. The average Bonchev–Trinajstić information content (AvgIpc) is 2.42. The Hall–Kier alpha value is -1.42. The quantitative estimate of drug-likeness (QED) is 0.663. The van der Waals surface area contributed by atoms with Crippen molar-refractivity contribution >= 4 is 17.6 Å². The molecule has 1 aromatic rings. The predicted octanol–water partition coefficient (Wildman–Crippen LogP) is 4.48. The lowest BCUT2D eigenvalue weighted by Gasteiger charge is -2.15. The highest BCUT2D eigenvalue weighted by Gasteiger charge is 2.18. The van der Waals surface area contributed by atoms with Gasteiger partial charge < -0.3 is 14.2 Å². The maximum atomic E-state index is 12.0. The van der Waals surface area contributed by atoms with Crippen molar-refractivity contribution in [2.24, 2.45) is 0 Å². The third-order valence-corrected chi connectivity index (χ3v) is 2.83. The van der Waals surface area contributed by atoms with E-state index in [2.05, 4.69) is 0 Å². The third-order valence-electron chi connectivity index (χ3n) is 2.52. The summed E-state index contributed by atoms with van der Waals surface area (Å²) in [5, 5.41) is 0.301. The minimum atomic E-state index is -0.460. The van der Waals surface area contributed by atoms with Crippen molar-refractivity contribution in [2.45, 2.75) is 46.6 Å². The van der Waals surface area contributed by atoms with Crippen LogP contribution in [0.25, 0.3) is 0 Å². The largest absolute Gasteiger partial charge is 0.490 e. The van der Waals surface area contributed by atoms with Gasteiger partial charge in [0.2, 0.25) is 0 Å². The van der Waals surface area contributed by atoms with E-state index in [4.69, 9.17) is 25.8 Å². The highest BCUT2D eigenvalue weighted by Crippen LogP contribution is 2.34. The van der Waals surface area contributed by atoms with E-state index >= 15 is 0 Å². The number of carbonyl (C=O) groups excluding carboxylic acids is 1. The monoisotopic (exact) mass is 314 g/mol. The Morgan fingerprint density at radius 2 is 1.62 bits per heavy atom. The van der Waals surface area contributed by atoms with Gasteiger partial charge in [-0.1, -0.05) is 25.4 Å². The normalized spacial score (nSPS) is 10.6. The van der Waals surface area contributed by atoms with Gasteiger partial charge in [0.1, 0.15) is 0 Å². The predicted molar refractivity (Wildman–Crippen MR) is 83.6 cm³/mol. The van der Waals surface area contributed by atoms with Gasteiger partial charge >= 0.3 is 5.97 Å². The summed E-state index contributed by atoms with van der Waals surface area (Å²) in [4.78, 5) is 12.0. The molecule has 1 aromatic carbocycles. The Morgan fingerprint density at radius 3 is 2.10 bits per heavy atom. The van der Waals surface area contributed by atoms with Crippen molar-refractivity contribution < 1.29 is 19.0 Å². The number of benzene rings is 1. The lowest BCUT2D eigenvalue weighted by Crippen LogP contribution is -2.13. The topological polar surface area (TPSA) is 44.8 Å². The van der Waals surface area contributed by atoms with Crippen molar-refractivity contribution in [3.63, 3.8) is 0 Å². The minimum Gasteiger partial charge on any atom is -0.490 e. The van der Waals surface area contributed by atoms with Crippen molar-refractivity contribution in [3.05, 3.63) is 22.7 Å². The van der Waals surface area contributed by atoms with E-state index in [0.717, 1.165) is 12.8 Å². The SMILES string of the molecule is CCCOc1cc(Cl)c(C(=O)OC(C)C)cc1OCCC. The molecule has 1 rings (SSSR count). The molecule has 21 heavy (non-hydrogen) atoms. The molecule has 0 saturated carbocycles. The van der Waals surface area contributed by atoms with E-state index in [1.54, 1.807) is 26.0 Å². The van der Waals surface area contributed by atoms with Gasteiger partial charge in [0, 0.05) is 12.1 Å². The van der Waals surface area contributed by atoms with E-state index in [0.29, 0.717) is 35.3 Å². The first-order chi connectivity index (χ1) is 9.99. The average molecular weight is 315 g/mol. The summed E-state index contributed by atoms with van der Waals surface area (Å²) in [6.07, 6.45) is 1.54. The molecule has 0 spiro atoms. The molecule has 4 nitrogen and oxygen atoms in total. The molecule has 0 fully saturated rings. The number of rotatable bonds is 8. The standard InChI is InChI=1S/C16H23ClO4/c1-5-7-19-14-9-12(16(18)21-11(3)4)13(17)10-15(14)20-8-6-2/h9-11H,5-8H2,1-4H3. The lowest BCUT2D eigenvalue weighted by atomic mass is 10.2. The zero-order chi connectivity index (χ0) is 15.8. The second kappa shape index (κ2) is 8.78. The molecule has 0 unspecified atom stereocenters. The van der Waals surface area contributed by atoms with E-state index in [-0.39, 0.29) is 6.10 Å². The van der Waals surface area contributed by atoms with Crippen LogP contribution in [-0.2, 0) is 4.74 Å². The van der Waals surface area contributed by atoms with E-state index < -0.39 is 5.97 Å². The Labute approximate surface area is 131 Å². The molecule has 0 aliphatic heterocycles. The summed E-state index contributed by atoms with van der Waals surface area (Å²) in [5.41, 5.74) is 0.292. The molecule has 0 radical (unpaired) electrons. The fourth-order valence-corrected chi connectivity index (χ4v) is 1.85. The number of halogens is 1. The zero-order valence-electron chi connectivity index (χ0n) is 13.1. The van der Waals surface area contributed by atoms with Crippen LogP contribution in [0, 0.1) is 0 Å². The van der Waals surface area contributed by atoms with Gasteiger partial charge in [-0.2, -0.15) is 0 Å². The molecule has 0 N–H and O–H groups in total. The smallest absolute Gasteiger partial charge is 0.340 e. The van der Waals surface area contributed by atoms with Crippen LogP contribution in [0.15, 0.2) is 12.1 Å². The Balaban J connectivity index is 3.07. The molecular weight excluding hydrogens is 292 g/mol. The van der Waals surface area contributed by atoms with Crippen LogP contribution in [0.1, 0.15) is 50.9 Å². The summed E-state index contributed by atoms with van der Waals surface area (Å²) < 4.78 is 16.4. The zero-order valence-corrected chi connectivity index (χ0v) is 13.8. The van der Waals surface area contributed by atoms with Crippen LogP contribution < -0.4 is 9.47 Å². The van der Waals surface area contributed by atoms with Gasteiger partial charge in [-0.3, -0.25) is 0 Å².